The number of allylic oxidation sites excluding steroid dienone is 1. The van der Waals surface area contributed by atoms with E-state index in [2.05, 4.69) is 0 Å². The molecule has 2 aromatic carbocycles. The largest absolute Gasteiger partial charge is 0.497 e. The molecule has 1 aliphatic rings. The SMILES string of the molecule is COc1ccc(/C=C2\Cc3cc(OC)c(OC)cc3C2=O)c(C(F)(F)F)c1. The third-order valence-electron chi connectivity index (χ3n) is 4.42. The van der Waals surface area contributed by atoms with Gasteiger partial charge < -0.3 is 14.2 Å². The lowest BCUT2D eigenvalue weighted by Gasteiger charge is -2.12. The average molecular weight is 378 g/mol. The van der Waals surface area contributed by atoms with Crippen LogP contribution in [0.25, 0.3) is 6.08 Å². The van der Waals surface area contributed by atoms with Gasteiger partial charge in [0.15, 0.2) is 17.3 Å². The minimum Gasteiger partial charge on any atom is -0.497 e. The molecule has 0 amide bonds. The van der Waals surface area contributed by atoms with Gasteiger partial charge >= 0.3 is 6.18 Å². The molecule has 3 rings (SSSR count). The first-order valence-electron chi connectivity index (χ1n) is 8.04. The van der Waals surface area contributed by atoms with E-state index in [1.54, 1.807) is 12.1 Å². The minimum absolute atomic E-state index is 0.0848. The molecule has 0 spiro atoms. The molecule has 0 aliphatic heterocycles. The number of hydrogen-bond acceptors (Lipinski definition) is 4. The number of hydrogen-bond donors (Lipinski definition) is 0. The molecule has 2 aromatic rings. The van der Waals surface area contributed by atoms with Crippen molar-refractivity contribution in [1.82, 2.24) is 0 Å². The van der Waals surface area contributed by atoms with Crippen LogP contribution >= 0.6 is 0 Å². The van der Waals surface area contributed by atoms with E-state index in [4.69, 9.17) is 14.2 Å². The first kappa shape index (κ1) is 18.8. The number of methoxy groups -OCH3 is 3. The molecule has 0 unspecified atom stereocenters. The topological polar surface area (TPSA) is 44.8 Å². The molecular weight excluding hydrogens is 361 g/mol. The first-order chi connectivity index (χ1) is 12.8. The number of alkyl halides is 3. The van der Waals surface area contributed by atoms with E-state index in [0.29, 0.717) is 22.6 Å². The number of halogens is 3. The molecule has 0 aromatic heterocycles. The molecule has 0 fully saturated rings. The number of rotatable bonds is 4. The van der Waals surface area contributed by atoms with Gasteiger partial charge in [0.25, 0.3) is 0 Å². The van der Waals surface area contributed by atoms with Crippen LogP contribution in [0, 0.1) is 0 Å². The maximum Gasteiger partial charge on any atom is 0.417 e. The molecule has 0 bridgehead atoms. The number of carbonyl (C=O) groups excluding carboxylic acids is 1. The van der Waals surface area contributed by atoms with Gasteiger partial charge in [0.2, 0.25) is 0 Å². The lowest BCUT2D eigenvalue weighted by molar-refractivity contribution is -0.137. The highest BCUT2D eigenvalue weighted by Gasteiger charge is 2.34. The number of carbonyl (C=O) groups is 1. The maximum absolute atomic E-state index is 13.4. The second-order valence-electron chi connectivity index (χ2n) is 5.99. The lowest BCUT2D eigenvalue weighted by atomic mass is 10.0. The molecule has 0 radical (unpaired) electrons. The van der Waals surface area contributed by atoms with Gasteiger partial charge in [0, 0.05) is 17.6 Å². The van der Waals surface area contributed by atoms with Crippen molar-refractivity contribution in [1.29, 1.82) is 0 Å². The van der Waals surface area contributed by atoms with Crippen molar-refractivity contribution in [2.75, 3.05) is 21.3 Å². The van der Waals surface area contributed by atoms with E-state index in [-0.39, 0.29) is 29.1 Å². The molecule has 1 aliphatic carbocycles. The fourth-order valence-electron chi connectivity index (χ4n) is 3.08. The molecule has 0 saturated carbocycles. The second kappa shape index (κ2) is 6.98. The molecular formula is C20H17F3O4. The summed E-state index contributed by atoms with van der Waals surface area (Å²) in [5, 5.41) is 0. The summed E-state index contributed by atoms with van der Waals surface area (Å²) in [4.78, 5) is 12.7. The quantitative estimate of drug-likeness (QED) is 0.732. The third-order valence-corrected chi connectivity index (χ3v) is 4.42. The number of ether oxygens (including phenoxy) is 3. The van der Waals surface area contributed by atoms with Crippen LogP contribution in [-0.4, -0.2) is 27.1 Å². The summed E-state index contributed by atoms with van der Waals surface area (Å²) in [5.41, 5.74) is 0.426. The molecule has 7 heteroatoms. The third kappa shape index (κ3) is 3.49. The van der Waals surface area contributed by atoms with Crippen LogP contribution < -0.4 is 14.2 Å². The van der Waals surface area contributed by atoms with Crippen molar-refractivity contribution >= 4 is 11.9 Å². The molecule has 142 valence electrons. The average Bonchev–Trinajstić information content (AvgIpc) is 2.94. The highest BCUT2D eigenvalue weighted by Crippen LogP contribution is 2.39. The molecule has 4 nitrogen and oxygen atoms in total. The highest BCUT2D eigenvalue weighted by molar-refractivity contribution is 6.16. The van der Waals surface area contributed by atoms with Gasteiger partial charge in [0.05, 0.1) is 26.9 Å². The summed E-state index contributed by atoms with van der Waals surface area (Å²) >= 11 is 0. The molecule has 0 N–H and O–H groups in total. The summed E-state index contributed by atoms with van der Waals surface area (Å²) < 4.78 is 55.5. The summed E-state index contributed by atoms with van der Waals surface area (Å²) in [6.07, 6.45) is -3.07. The predicted octanol–water partition coefficient (Wildman–Crippen LogP) is 4.55. The van der Waals surface area contributed by atoms with Crippen molar-refractivity contribution in [3.63, 3.8) is 0 Å². The fraction of sp³-hybridized carbons (Fsp3) is 0.250. The van der Waals surface area contributed by atoms with E-state index in [1.165, 1.54) is 39.5 Å². The number of Topliss-reactive ketones (excluding diaryl/α,β-unsaturated/α-hetero) is 1. The smallest absolute Gasteiger partial charge is 0.417 e. The normalized spacial score (nSPS) is 15.0. The molecule has 0 atom stereocenters. The Labute approximate surface area is 154 Å². The summed E-state index contributed by atoms with van der Waals surface area (Å²) in [7, 11) is 4.23. The minimum atomic E-state index is -4.57. The van der Waals surface area contributed by atoms with Crippen molar-refractivity contribution in [2.45, 2.75) is 12.6 Å². The van der Waals surface area contributed by atoms with Gasteiger partial charge in [-0.15, -0.1) is 0 Å². The highest BCUT2D eigenvalue weighted by atomic mass is 19.4. The first-order valence-corrected chi connectivity index (χ1v) is 8.04. The Hall–Kier alpha value is -2.96. The Morgan fingerprint density at radius 3 is 2.22 bits per heavy atom. The van der Waals surface area contributed by atoms with Crippen LogP contribution in [0.15, 0.2) is 35.9 Å². The Kier molecular flexibility index (Phi) is 4.87. The number of fused-ring (bicyclic) bond motifs is 1. The van der Waals surface area contributed by atoms with E-state index in [1.807, 2.05) is 0 Å². The zero-order chi connectivity index (χ0) is 19.8. The van der Waals surface area contributed by atoms with E-state index in [0.717, 1.165) is 6.07 Å². The van der Waals surface area contributed by atoms with Crippen molar-refractivity contribution < 1.29 is 32.2 Å². The molecule has 0 heterocycles. The van der Waals surface area contributed by atoms with Gasteiger partial charge in [-0.05, 0) is 41.5 Å². The Balaban J connectivity index is 2.06. The zero-order valence-electron chi connectivity index (χ0n) is 14.9. The summed E-state index contributed by atoms with van der Waals surface area (Å²) in [6.45, 7) is 0. The van der Waals surface area contributed by atoms with Crippen LogP contribution in [0.2, 0.25) is 0 Å². The monoisotopic (exact) mass is 378 g/mol. The Morgan fingerprint density at radius 1 is 0.963 bits per heavy atom. The predicted molar refractivity (Wildman–Crippen MR) is 93.6 cm³/mol. The number of ketones is 1. The summed E-state index contributed by atoms with van der Waals surface area (Å²) in [6, 6.07) is 6.87. The maximum atomic E-state index is 13.4. The van der Waals surface area contributed by atoms with E-state index >= 15 is 0 Å². The lowest BCUT2D eigenvalue weighted by Crippen LogP contribution is -2.08. The van der Waals surface area contributed by atoms with Crippen LogP contribution in [0.5, 0.6) is 17.2 Å². The molecule has 27 heavy (non-hydrogen) atoms. The van der Waals surface area contributed by atoms with Crippen LogP contribution in [0.4, 0.5) is 13.2 Å². The van der Waals surface area contributed by atoms with Crippen molar-refractivity contribution in [3.05, 3.63) is 58.2 Å². The van der Waals surface area contributed by atoms with Gasteiger partial charge in [-0.1, -0.05) is 6.07 Å². The van der Waals surface area contributed by atoms with Gasteiger partial charge in [-0.25, -0.2) is 0 Å². The van der Waals surface area contributed by atoms with Crippen LogP contribution in [0.1, 0.15) is 27.0 Å². The van der Waals surface area contributed by atoms with Gasteiger partial charge in [-0.2, -0.15) is 13.2 Å². The van der Waals surface area contributed by atoms with E-state index < -0.39 is 11.7 Å². The Morgan fingerprint density at radius 2 is 1.63 bits per heavy atom. The molecule has 0 saturated heterocycles. The second-order valence-corrected chi connectivity index (χ2v) is 5.99. The fourth-order valence-corrected chi connectivity index (χ4v) is 3.08. The zero-order valence-corrected chi connectivity index (χ0v) is 14.9. The van der Waals surface area contributed by atoms with Crippen molar-refractivity contribution in [3.8, 4) is 17.2 Å². The van der Waals surface area contributed by atoms with Gasteiger partial charge in [0.1, 0.15) is 5.75 Å². The van der Waals surface area contributed by atoms with E-state index in [9.17, 15) is 18.0 Å². The summed E-state index contributed by atoms with van der Waals surface area (Å²) in [5.74, 6) is 0.631. The standard InChI is InChI=1S/C20H17F3O4/c1-25-14-5-4-11(16(9-14)20(21,22)23)6-13-7-12-8-17(26-2)18(27-3)10-15(12)19(13)24/h4-6,8-10H,7H2,1-3H3/b13-6+. The Bertz CT molecular complexity index is 930. The van der Waals surface area contributed by atoms with Gasteiger partial charge in [-0.3, -0.25) is 4.79 Å². The van der Waals surface area contributed by atoms with Crippen molar-refractivity contribution in [2.24, 2.45) is 0 Å². The van der Waals surface area contributed by atoms with Crippen LogP contribution in [0.3, 0.4) is 0 Å². The number of benzene rings is 2. The van der Waals surface area contributed by atoms with Crippen LogP contribution in [-0.2, 0) is 12.6 Å².